The Morgan fingerprint density at radius 3 is 3.00 bits per heavy atom. The lowest BCUT2D eigenvalue weighted by atomic mass is 10.2. The second-order valence-electron chi connectivity index (χ2n) is 3.48. The maximum Gasteiger partial charge on any atom is 0.325 e. The van der Waals surface area contributed by atoms with Crippen LogP contribution >= 0.6 is 0 Å². The lowest BCUT2D eigenvalue weighted by molar-refractivity contribution is -0.138. The lowest BCUT2D eigenvalue weighted by Gasteiger charge is -2.11. The second-order valence-corrected chi connectivity index (χ2v) is 3.48. The van der Waals surface area contributed by atoms with Gasteiger partial charge in [-0.1, -0.05) is 12.7 Å². The first-order valence-corrected chi connectivity index (χ1v) is 5.28. The number of aromatic nitrogens is 1. The van der Waals surface area contributed by atoms with Gasteiger partial charge in [0, 0.05) is 6.20 Å². The van der Waals surface area contributed by atoms with E-state index in [0.29, 0.717) is 0 Å². The summed E-state index contributed by atoms with van der Waals surface area (Å²) >= 11 is 0. The highest BCUT2D eigenvalue weighted by atomic mass is 16.5. The van der Waals surface area contributed by atoms with Gasteiger partial charge in [0.2, 0.25) is 0 Å². The maximum atomic E-state index is 11.8. The van der Waals surface area contributed by atoms with Crippen molar-refractivity contribution < 1.29 is 19.4 Å². The number of hydrogen-bond acceptors (Lipinski definition) is 4. The molecular weight excluding hydrogens is 236 g/mol. The van der Waals surface area contributed by atoms with E-state index in [9.17, 15) is 9.59 Å². The van der Waals surface area contributed by atoms with Gasteiger partial charge >= 0.3 is 5.97 Å². The Balaban J connectivity index is 2.84. The van der Waals surface area contributed by atoms with Gasteiger partial charge in [-0.15, -0.1) is 0 Å². The molecule has 1 amide bonds. The van der Waals surface area contributed by atoms with E-state index in [1.165, 1.54) is 19.2 Å². The van der Waals surface area contributed by atoms with Crippen molar-refractivity contribution in [1.29, 1.82) is 0 Å². The zero-order valence-corrected chi connectivity index (χ0v) is 9.92. The molecule has 0 saturated carbocycles. The molecular formula is C12H14N2O4. The molecule has 1 rings (SSSR count). The van der Waals surface area contributed by atoms with Gasteiger partial charge in [-0.05, 0) is 19.1 Å². The maximum absolute atomic E-state index is 11.8. The van der Waals surface area contributed by atoms with Crippen molar-refractivity contribution in [3.63, 3.8) is 0 Å². The molecule has 6 heteroatoms. The SMILES string of the molecule is C=CCOc1cccnc1C(=O)N[C@@H](C)C(=O)O. The smallest absolute Gasteiger partial charge is 0.325 e. The number of carboxylic acids is 1. The molecule has 6 nitrogen and oxygen atoms in total. The molecule has 2 N–H and O–H groups in total. The summed E-state index contributed by atoms with van der Waals surface area (Å²) < 4.78 is 5.26. The first-order chi connectivity index (χ1) is 8.56. The fourth-order valence-corrected chi connectivity index (χ4v) is 1.15. The largest absolute Gasteiger partial charge is 0.487 e. The Labute approximate surface area is 104 Å². The number of amides is 1. The van der Waals surface area contributed by atoms with Gasteiger partial charge in [-0.25, -0.2) is 4.98 Å². The van der Waals surface area contributed by atoms with Crippen LogP contribution in [0.2, 0.25) is 0 Å². The van der Waals surface area contributed by atoms with Crippen molar-refractivity contribution >= 4 is 11.9 Å². The third kappa shape index (κ3) is 3.58. The summed E-state index contributed by atoms with van der Waals surface area (Å²) in [6, 6.07) is 2.21. The highest BCUT2D eigenvalue weighted by Crippen LogP contribution is 2.15. The Hall–Kier alpha value is -2.37. The third-order valence-electron chi connectivity index (χ3n) is 2.06. The van der Waals surface area contributed by atoms with Crippen molar-refractivity contribution in [2.75, 3.05) is 6.61 Å². The van der Waals surface area contributed by atoms with Gasteiger partial charge in [0.05, 0.1) is 0 Å². The molecule has 1 aromatic rings. The Kier molecular flexibility index (Phi) is 4.86. The van der Waals surface area contributed by atoms with Crippen LogP contribution in [-0.2, 0) is 4.79 Å². The Morgan fingerprint density at radius 2 is 2.39 bits per heavy atom. The Bertz CT molecular complexity index is 459. The van der Waals surface area contributed by atoms with E-state index in [4.69, 9.17) is 9.84 Å². The number of carbonyl (C=O) groups is 2. The van der Waals surface area contributed by atoms with E-state index >= 15 is 0 Å². The molecule has 0 spiro atoms. The van der Waals surface area contributed by atoms with Crippen LogP contribution in [-0.4, -0.2) is 34.6 Å². The quantitative estimate of drug-likeness (QED) is 0.731. The summed E-state index contributed by atoms with van der Waals surface area (Å²) in [7, 11) is 0. The zero-order valence-electron chi connectivity index (χ0n) is 9.92. The molecule has 1 heterocycles. The van der Waals surface area contributed by atoms with Crippen LogP contribution in [0.4, 0.5) is 0 Å². The van der Waals surface area contributed by atoms with Gasteiger partial charge in [0.1, 0.15) is 12.6 Å². The molecule has 18 heavy (non-hydrogen) atoms. The van der Waals surface area contributed by atoms with Gasteiger partial charge in [0.15, 0.2) is 11.4 Å². The molecule has 0 aliphatic rings. The number of carbonyl (C=O) groups excluding carboxylic acids is 1. The number of pyridine rings is 1. The van der Waals surface area contributed by atoms with Crippen LogP contribution in [0, 0.1) is 0 Å². The summed E-state index contributed by atoms with van der Waals surface area (Å²) in [6.45, 7) is 5.10. The number of rotatable bonds is 6. The molecule has 1 aromatic heterocycles. The van der Waals surface area contributed by atoms with Crippen LogP contribution in [0.15, 0.2) is 31.0 Å². The van der Waals surface area contributed by atoms with E-state index in [0.717, 1.165) is 0 Å². The van der Waals surface area contributed by atoms with Crippen LogP contribution in [0.5, 0.6) is 5.75 Å². The molecule has 0 bridgehead atoms. The number of nitrogens with one attached hydrogen (secondary N) is 1. The minimum atomic E-state index is -1.12. The first kappa shape index (κ1) is 13.7. The average molecular weight is 250 g/mol. The summed E-state index contributed by atoms with van der Waals surface area (Å²) in [5, 5.41) is 11.0. The summed E-state index contributed by atoms with van der Waals surface area (Å²) in [4.78, 5) is 26.3. The highest BCUT2D eigenvalue weighted by molar-refractivity contribution is 5.97. The van der Waals surface area contributed by atoms with Crippen molar-refractivity contribution in [2.24, 2.45) is 0 Å². The van der Waals surface area contributed by atoms with Crippen molar-refractivity contribution in [2.45, 2.75) is 13.0 Å². The van der Waals surface area contributed by atoms with Crippen LogP contribution < -0.4 is 10.1 Å². The summed E-state index contributed by atoms with van der Waals surface area (Å²) in [6.07, 6.45) is 2.97. The average Bonchev–Trinajstić information content (AvgIpc) is 2.36. The van der Waals surface area contributed by atoms with Gasteiger partial charge in [-0.3, -0.25) is 9.59 Å². The molecule has 0 aromatic carbocycles. The van der Waals surface area contributed by atoms with E-state index in [1.807, 2.05) is 0 Å². The molecule has 1 atom stereocenters. The highest BCUT2D eigenvalue weighted by Gasteiger charge is 2.19. The zero-order chi connectivity index (χ0) is 13.5. The number of hydrogen-bond donors (Lipinski definition) is 2. The molecule has 0 fully saturated rings. The fourth-order valence-electron chi connectivity index (χ4n) is 1.15. The Morgan fingerprint density at radius 1 is 1.67 bits per heavy atom. The molecule has 0 radical (unpaired) electrons. The number of aliphatic carboxylic acids is 1. The number of nitrogens with zero attached hydrogens (tertiary/aromatic N) is 1. The third-order valence-corrected chi connectivity index (χ3v) is 2.06. The van der Waals surface area contributed by atoms with Gasteiger partial charge < -0.3 is 15.2 Å². The van der Waals surface area contributed by atoms with Crippen molar-refractivity contribution in [3.05, 3.63) is 36.7 Å². The minimum Gasteiger partial charge on any atom is -0.487 e. The minimum absolute atomic E-state index is 0.0486. The molecule has 0 unspecified atom stereocenters. The standard InChI is InChI=1S/C12H14N2O4/c1-3-7-18-9-5-4-6-13-10(9)11(15)14-8(2)12(16)17/h3-6,8H,1,7H2,2H3,(H,14,15)(H,16,17)/t8-/m0/s1. The number of ether oxygens (including phenoxy) is 1. The predicted molar refractivity (Wildman–Crippen MR) is 64.5 cm³/mol. The van der Waals surface area contributed by atoms with Gasteiger partial charge in [-0.2, -0.15) is 0 Å². The van der Waals surface area contributed by atoms with Crippen LogP contribution in [0.25, 0.3) is 0 Å². The molecule has 0 aliphatic heterocycles. The van der Waals surface area contributed by atoms with Gasteiger partial charge in [0.25, 0.3) is 5.91 Å². The summed E-state index contributed by atoms with van der Waals surface area (Å²) in [5.74, 6) is -1.43. The molecule has 0 aliphatic carbocycles. The molecule has 96 valence electrons. The summed E-state index contributed by atoms with van der Waals surface area (Å²) in [5.41, 5.74) is 0.0486. The van der Waals surface area contributed by atoms with Crippen molar-refractivity contribution in [3.8, 4) is 5.75 Å². The first-order valence-electron chi connectivity index (χ1n) is 5.28. The topological polar surface area (TPSA) is 88.5 Å². The van der Waals surface area contributed by atoms with E-state index in [-0.39, 0.29) is 18.1 Å². The number of carboxylic acid groups (broad SMARTS) is 1. The van der Waals surface area contributed by atoms with Crippen molar-refractivity contribution in [1.82, 2.24) is 10.3 Å². The van der Waals surface area contributed by atoms with E-state index < -0.39 is 17.9 Å². The van der Waals surface area contributed by atoms with E-state index in [2.05, 4.69) is 16.9 Å². The lowest BCUT2D eigenvalue weighted by Crippen LogP contribution is -2.38. The normalized spacial score (nSPS) is 11.4. The second kappa shape index (κ2) is 6.39. The predicted octanol–water partition coefficient (Wildman–Crippen LogP) is 0.849. The fraction of sp³-hybridized carbons (Fsp3) is 0.250. The van der Waals surface area contributed by atoms with E-state index in [1.54, 1.807) is 12.1 Å². The van der Waals surface area contributed by atoms with Crippen LogP contribution in [0.3, 0.4) is 0 Å². The van der Waals surface area contributed by atoms with Crippen LogP contribution in [0.1, 0.15) is 17.4 Å². The monoisotopic (exact) mass is 250 g/mol. The molecule has 0 saturated heterocycles.